The molecular weight excluding hydrogens is 701 g/mol. The molecule has 9 nitrogen and oxygen atoms in total. The summed E-state index contributed by atoms with van der Waals surface area (Å²) in [5.74, 6) is -0.798. The van der Waals surface area contributed by atoms with E-state index in [9.17, 15) is 19.0 Å². The summed E-state index contributed by atoms with van der Waals surface area (Å²) in [6.45, 7) is 4.25. The number of likely N-dealkylation sites (N-methyl/N-ethyl adjacent to an activating group) is 1. The fourth-order valence-electron chi connectivity index (χ4n) is 6.43. The summed E-state index contributed by atoms with van der Waals surface area (Å²) in [6, 6.07) is 0. The number of carbonyl (C=O) groups is 2. The number of allylic oxidation sites excluding steroid dienone is 2. The number of nitrogens with one attached hydrogen (secondary N) is 1. The van der Waals surface area contributed by atoms with E-state index in [0.29, 0.717) is 19.4 Å². The van der Waals surface area contributed by atoms with Gasteiger partial charge in [0, 0.05) is 19.4 Å². The summed E-state index contributed by atoms with van der Waals surface area (Å²) in [7, 11) is -2.64. The van der Waals surface area contributed by atoms with E-state index < -0.39 is 26.5 Å². The number of rotatable bonds is 43. The van der Waals surface area contributed by atoms with Crippen molar-refractivity contribution in [3.63, 3.8) is 0 Å². The van der Waals surface area contributed by atoms with Crippen molar-refractivity contribution in [1.82, 2.24) is 5.32 Å². The van der Waals surface area contributed by atoms with Crippen molar-refractivity contribution in [3.8, 4) is 0 Å². The highest BCUT2D eigenvalue weighted by molar-refractivity contribution is 7.47. The molecule has 0 saturated carbocycles. The molecule has 54 heavy (non-hydrogen) atoms. The van der Waals surface area contributed by atoms with Gasteiger partial charge in [0.1, 0.15) is 6.61 Å². The second-order valence-electron chi connectivity index (χ2n) is 15.2. The van der Waals surface area contributed by atoms with Crippen molar-refractivity contribution in [2.75, 3.05) is 33.4 Å². The molecule has 2 unspecified atom stereocenters. The van der Waals surface area contributed by atoms with Crippen LogP contribution in [-0.2, 0) is 32.7 Å². The van der Waals surface area contributed by atoms with Crippen LogP contribution in [0.25, 0.3) is 0 Å². The van der Waals surface area contributed by atoms with Crippen molar-refractivity contribution in [2.24, 2.45) is 0 Å². The Hall–Kier alpha value is -1.25. The first-order valence-corrected chi connectivity index (χ1v) is 24.1. The number of carbonyl (C=O) groups excluding carboxylic acids is 2. The molecule has 0 aliphatic rings. The third-order valence-corrected chi connectivity index (χ3v) is 10.9. The smallest absolute Gasteiger partial charge is 0.462 e. The van der Waals surface area contributed by atoms with Crippen molar-refractivity contribution >= 4 is 19.8 Å². The van der Waals surface area contributed by atoms with Gasteiger partial charge in [-0.3, -0.25) is 18.6 Å². The van der Waals surface area contributed by atoms with Crippen molar-refractivity contribution in [2.45, 2.75) is 225 Å². The molecule has 0 rings (SSSR count). The lowest BCUT2D eigenvalue weighted by Gasteiger charge is -2.20. The minimum absolute atomic E-state index is 0.0139. The maximum atomic E-state index is 12.6. The summed E-state index contributed by atoms with van der Waals surface area (Å²) in [4.78, 5) is 35.1. The Kier molecular flexibility index (Phi) is 40.4. The van der Waals surface area contributed by atoms with Gasteiger partial charge >= 0.3 is 19.8 Å². The van der Waals surface area contributed by atoms with E-state index in [1.54, 1.807) is 7.05 Å². The average Bonchev–Trinajstić information content (AvgIpc) is 3.15. The average molecular weight is 788 g/mol. The van der Waals surface area contributed by atoms with Crippen LogP contribution in [-0.4, -0.2) is 56.3 Å². The molecule has 320 valence electrons. The van der Waals surface area contributed by atoms with Crippen LogP contribution in [0.15, 0.2) is 12.2 Å². The van der Waals surface area contributed by atoms with Gasteiger partial charge in [0.05, 0.1) is 13.2 Å². The van der Waals surface area contributed by atoms with Gasteiger partial charge in [0.25, 0.3) is 0 Å². The molecule has 10 heteroatoms. The van der Waals surface area contributed by atoms with Crippen LogP contribution in [0.1, 0.15) is 219 Å². The summed E-state index contributed by atoms with van der Waals surface area (Å²) in [5.41, 5.74) is 0. The lowest BCUT2D eigenvalue weighted by molar-refractivity contribution is -0.161. The van der Waals surface area contributed by atoms with Crippen LogP contribution in [0.2, 0.25) is 0 Å². The lowest BCUT2D eigenvalue weighted by Crippen LogP contribution is -2.29. The number of hydrogen-bond donors (Lipinski definition) is 2. The van der Waals surface area contributed by atoms with Crippen molar-refractivity contribution in [3.05, 3.63) is 12.2 Å². The number of ether oxygens (including phenoxy) is 2. The van der Waals surface area contributed by atoms with Crippen molar-refractivity contribution in [1.29, 1.82) is 0 Å². The first kappa shape index (κ1) is 52.8. The molecule has 0 aromatic carbocycles. The van der Waals surface area contributed by atoms with Crippen LogP contribution < -0.4 is 5.32 Å². The van der Waals surface area contributed by atoms with E-state index >= 15 is 0 Å². The standard InChI is InChI=1S/C44H86NO8P/c1-4-6-8-10-12-14-16-18-19-20-21-22-23-25-26-28-30-32-34-36-43(46)50-40-42(41-52-54(48,49)51-39-38-45-3)53-44(47)37-35-33-31-29-27-24-17-15-13-11-9-7-5-2/h18-19,42,45H,4-17,20-41H2,1-3H3,(H,48,49)/b19-18-. The van der Waals surface area contributed by atoms with Crippen LogP contribution >= 0.6 is 7.82 Å². The quantitative estimate of drug-likeness (QED) is 0.0269. The molecule has 0 fully saturated rings. The van der Waals surface area contributed by atoms with Crippen molar-refractivity contribution < 1.29 is 37.6 Å². The molecule has 0 aromatic heterocycles. The van der Waals surface area contributed by atoms with E-state index in [1.807, 2.05) is 0 Å². The zero-order chi connectivity index (χ0) is 39.6. The third kappa shape index (κ3) is 40.4. The first-order chi connectivity index (χ1) is 26.3. The van der Waals surface area contributed by atoms with E-state index in [0.717, 1.165) is 32.1 Å². The van der Waals surface area contributed by atoms with E-state index in [4.69, 9.17) is 18.5 Å². The van der Waals surface area contributed by atoms with Gasteiger partial charge in [0.15, 0.2) is 6.10 Å². The van der Waals surface area contributed by atoms with Crippen LogP contribution in [0.4, 0.5) is 0 Å². The minimum atomic E-state index is -4.34. The number of hydrogen-bond acceptors (Lipinski definition) is 8. The van der Waals surface area contributed by atoms with Gasteiger partial charge in [0.2, 0.25) is 0 Å². The van der Waals surface area contributed by atoms with Gasteiger partial charge in [-0.25, -0.2) is 4.57 Å². The highest BCUT2D eigenvalue weighted by Crippen LogP contribution is 2.43. The molecule has 0 amide bonds. The minimum Gasteiger partial charge on any atom is -0.462 e. The number of esters is 2. The third-order valence-electron chi connectivity index (χ3n) is 9.89. The first-order valence-electron chi connectivity index (χ1n) is 22.6. The molecule has 0 bridgehead atoms. The summed E-state index contributed by atoms with van der Waals surface area (Å²) >= 11 is 0. The molecule has 0 aliphatic carbocycles. The maximum absolute atomic E-state index is 12.6. The Morgan fingerprint density at radius 2 is 0.944 bits per heavy atom. The molecule has 0 radical (unpaired) electrons. The SMILES string of the molecule is CCCCCCCC/C=C\CCCCCCCCCCCC(=O)OCC(COP(=O)(O)OCCNC)OC(=O)CCCCCCCCCCCCCCC. The second kappa shape index (κ2) is 41.4. The topological polar surface area (TPSA) is 120 Å². The Labute approximate surface area is 332 Å². The molecule has 2 atom stereocenters. The molecule has 2 N–H and O–H groups in total. The number of phosphoric acid groups is 1. The fourth-order valence-corrected chi connectivity index (χ4v) is 7.18. The number of phosphoric ester groups is 1. The van der Waals surface area contributed by atoms with E-state index in [2.05, 4.69) is 31.3 Å². The normalized spacial score (nSPS) is 13.3. The van der Waals surface area contributed by atoms with E-state index in [-0.39, 0.29) is 25.6 Å². The predicted octanol–water partition coefficient (Wildman–Crippen LogP) is 12.9. The Morgan fingerprint density at radius 1 is 0.556 bits per heavy atom. The highest BCUT2D eigenvalue weighted by atomic mass is 31.2. The van der Waals surface area contributed by atoms with Gasteiger partial charge in [-0.15, -0.1) is 0 Å². The molecule has 0 spiro atoms. The van der Waals surface area contributed by atoms with Gasteiger partial charge in [-0.2, -0.15) is 0 Å². The predicted molar refractivity (Wildman–Crippen MR) is 225 cm³/mol. The van der Waals surface area contributed by atoms with Crippen LogP contribution in [0, 0.1) is 0 Å². The van der Waals surface area contributed by atoms with Crippen LogP contribution in [0.3, 0.4) is 0 Å². The fraction of sp³-hybridized carbons (Fsp3) is 0.909. The zero-order valence-corrected chi connectivity index (χ0v) is 36.3. The highest BCUT2D eigenvalue weighted by Gasteiger charge is 2.26. The van der Waals surface area contributed by atoms with E-state index in [1.165, 1.54) is 154 Å². The Morgan fingerprint density at radius 3 is 1.37 bits per heavy atom. The monoisotopic (exact) mass is 788 g/mol. The maximum Gasteiger partial charge on any atom is 0.472 e. The molecule has 0 aromatic rings. The van der Waals surface area contributed by atoms with Gasteiger partial charge in [-0.05, 0) is 45.6 Å². The largest absolute Gasteiger partial charge is 0.472 e. The van der Waals surface area contributed by atoms with Gasteiger partial charge in [-0.1, -0.05) is 180 Å². The summed E-state index contributed by atoms with van der Waals surface area (Å²) in [5, 5.41) is 2.83. The molecule has 0 saturated heterocycles. The molecule has 0 heterocycles. The number of unbranched alkanes of at least 4 members (excludes halogenated alkanes) is 27. The Bertz CT molecular complexity index is 902. The molecular formula is C44H86NO8P. The summed E-state index contributed by atoms with van der Waals surface area (Å²) < 4.78 is 33.2. The summed E-state index contributed by atoms with van der Waals surface area (Å²) in [6.07, 6.45) is 41.1. The Balaban J connectivity index is 4.14. The second-order valence-corrected chi connectivity index (χ2v) is 16.7. The van der Waals surface area contributed by atoms with Gasteiger partial charge < -0.3 is 19.7 Å². The lowest BCUT2D eigenvalue weighted by atomic mass is 10.0. The zero-order valence-electron chi connectivity index (χ0n) is 35.4. The van der Waals surface area contributed by atoms with Crippen LogP contribution in [0.5, 0.6) is 0 Å². The molecule has 0 aliphatic heterocycles.